The fraction of sp³-hybridized carbons (Fsp3) is 0.500. The lowest BCUT2D eigenvalue weighted by Crippen LogP contribution is -2.46. The molecular weight excluding hydrogens is 346 g/mol. The number of nitrogens with one attached hydrogen (secondary N) is 1. The largest absolute Gasteiger partial charge is 0.434 e. The fourth-order valence-electron chi connectivity index (χ4n) is 2.33. The Kier molecular flexibility index (Phi) is 5.52. The van der Waals surface area contributed by atoms with Crippen LogP contribution in [0.15, 0.2) is 22.7 Å². The summed E-state index contributed by atoms with van der Waals surface area (Å²) in [6.07, 6.45) is 1.26. The van der Waals surface area contributed by atoms with E-state index in [1.165, 1.54) is 6.07 Å². The summed E-state index contributed by atoms with van der Waals surface area (Å²) in [4.78, 5) is 13.1. The second-order valence-corrected chi connectivity index (χ2v) is 5.94. The molecule has 1 aliphatic heterocycles. The van der Waals surface area contributed by atoms with Crippen LogP contribution in [-0.4, -0.2) is 37.1 Å². The Balaban J connectivity index is 1.99. The first-order valence-electron chi connectivity index (χ1n) is 6.66. The van der Waals surface area contributed by atoms with E-state index in [0.717, 1.165) is 10.9 Å². The van der Waals surface area contributed by atoms with Gasteiger partial charge in [-0.25, -0.2) is 0 Å². The van der Waals surface area contributed by atoms with Gasteiger partial charge >= 0.3 is 6.61 Å². The molecule has 1 amide bonds. The van der Waals surface area contributed by atoms with Crippen molar-refractivity contribution in [3.05, 3.63) is 28.2 Å². The first-order chi connectivity index (χ1) is 9.95. The van der Waals surface area contributed by atoms with Gasteiger partial charge in [0.2, 0.25) is 5.91 Å². The third-order valence-corrected chi connectivity index (χ3v) is 3.94. The Labute approximate surface area is 130 Å². The van der Waals surface area contributed by atoms with E-state index in [0.29, 0.717) is 25.1 Å². The topological polar surface area (TPSA) is 41.6 Å². The molecule has 2 rings (SSSR count). The molecule has 0 aliphatic carbocycles. The number of nitrogens with zero attached hydrogens (tertiary/aromatic N) is 1. The number of halogens is 3. The molecule has 4 nitrogen and oxygen atoms in total. The average Bonchev–Trinajstić information content (AvgIpc) is 2.42. The van der Waals surface area contributed by atoms with Crippen molar-refractivity contribution in [2.45, 2.75) is 32.0 Å². The van der Waals surface area contributed by atoms with E-state index in [-0.39, 0.29) is 17.7 Å². The highest BCUT2D eigenvalue weighted by molar-refractivity contribution is 9.10. The highest BCUT2D eigenvalue weighted by Crippen LogP contribution is 2.25. The third kappa shape index (κ3) is 4.64. The number of hydrogen-bond acceptors (Lipinski definition) is 3. The molecule has 116 valence electrons. The molecule has 1 unspecified atom stereocenters. The summed E-state index contributed by atoms with van der Waals surface area (Å²) in [6.45, 7) is -1.81. The summed E-state index contributed by atoms with van der Waals surface area (Å²) < 4.78 is 30.1. The molecule has 1 heterocycles. The number of piperidine rings is 1. The number of hydrogen-bond donors (Lipinski definition) is 1. The van der Waals surface area contributed by atoms with Crippen molar-refractivity contribution in [3.63, 3.8) is 0 Å². The third-order valence-electron chi connectivity index (χ3n) is 3.45. The zero-order valence-corrected chi connectivity index (χ0v) is 13.2. The number of likely N-dealkylation sites (N-methyl/N-ethyl adjacent to an activating group) is 1. The second kappa shape index (κ2) is 7.17. The van der Waals surface area contributed by atoms with Crippen molar-refractivity contribution in [1.82, 2.24) is 10.2 Å². The van der Waals surface area contributed by atoms with Gasteiger partial charge in [-0.2, -0.15) is 8.78 Å². The smallest absolute Gasteiger partial charge is 0.387 e. The molecule has 1 aromatic rings. The molecule has 1 aromatic carbocycles. The van der Waals surface area contributed by atoms with Crippen molar-refractivity contribution >= 4 is 21.8 Å². The minimum absolute atomic E-state index is 0.136. The van der Waals surface area contributed by atoms with Crippen LogP contribution >= 0.6 is 15.9 Å². The lowest BCUT2D eigenvalue weighted by Gasteiger charge is -2.30. The van der Waals surface area contributed by atoms with E-state index in [1.807, 2.05) is 0 Å². The Hall–Kier alpha value is -1.21. The number of alkyl halides is 2. The van der Waals surface area contributed by atoms with Gasteiger partial charge in [0.1, 0.15) is 5.75 Å². The molecule has 1 aliphatic rings. The molecule has 1 atom stereocenters. The first kappa shape index (κ1) is 16.2. The second-order valence-electron chi connectivity index (χ2n) is 5.02. The van der Waals surface area contributed by atoms with Gasteiger partial charge in [-0.3, -0.25) is 4.79 Å². The molecule has 0 aromatic heterocycles. The van der Waals surface area contributed by atoms with E-state index >= 15 is 0 Å². The number of ether oxygens (including phenoxy) is 1. The van der Waals surface area contributed by atoms with Gasteiger partial charge in [0, 0.05) is 42.6 Å². The minimum Gasteiger partial charge on any atom is -0.434 e. The van der Waals surface area contributed by atoms with Crippen LogP contribution in [0.4, 0.5) is 8.78 Å². The lowest BCUT2D eigenvalue weighted by molar-refractivity contribution is -0.132. The van der Waals surface area contributed by atoms with Gasteiger partial charge in [0.15, 0.2) is 0 Å². The van der Waals surface area contributed by atoms with Crippen LogP contribution in [0.5, 0.6) is 5.75 Å². The Morgan fingerprint density at radius 2 is 2.29 bits per heavy atom. The highest BCUT2D eigenvalue weighted by Gasteiger charge is 2.22. The maximum absolute atomic E-state index is 12.4. The summed E-state index contributed by atoms with van der Waals surface area (Å²) in [7, 11) is 1.76. The van der Waals surface area contributed by atoms with Gasteiger partial charge in [0.25, 0.3) is 0 Å². The Morgan fingerprint density at radius 1 is 1.52 bits per heavy atom. The maximum atomic E-state index is 12.4. The molecule has 1 fully saturated rings. The Bertz CT molecular complexity index is 514. The monoisotopic (exact) mass is 362 g/mol. The van der Waals surface area contributed by atoms with Crippen LogP contribution < -0.4 is 10.1 Å². The molecule has 1 N–H and O–H groups in total. The highest BCUT2D eigenvalue weighted by atomic mass is 79.9. The summed E-state index contributed by atoms with van der Waals surface area (Å²) in [5.74, 6) is 0.304. The summed E-state index contributed by atoms with van der Waals surface area (Å²) in [5, 5.41) is 3.29. The molecule has 0 bridgehead atoms. The predicted octanol–water partition coefficient (Wildman–Crippen LogP) is 2.76. The predicted molar refractivity (Wildman–Crippen MR) is 78.3 cm³/mol. The normalized spacial score (nSPS) is 19.2. The first-order valence-corrected chi connectivity index (χ1v) is 7.45. The van der Waals surface area contributed by atoms with Crippen LogP contribution in [0, 0.1) is 0 Å². The zero-order chi connectivity index (χ0) is 15.4. The molecule has 21 heavy (non-hydrogen) atoms. The van der Waals surface area contributed by atoms with Gasteiger partial charge in [0.05, 0.1) is 0 Å². The number of benzene rings is 1. The SMILES string of the molecule is CN1CC(NCc2cc(Br)ccc2OC(F)F)CCC1=O. The van der Waals surface area contributed by atoms with E-state index in [9.17, 15) is 13.6 Å². The average molecular weight is 363 g/mol. The lowest BCUT2D eigenvalue weighted by atomic mass is 10.1. The maximum Gasteiger partial charge on any atom is 0.387 e. The van der Waals surface area contributed by atoms with Gasteiger partial charge in [-0.05, 0) is 24.6 Å². The minimum atomic E-state index is -2.84. The standard InChI is InChI=1S/C14H17BrF2N2O2/c1-19-8-11(3-5-13(19)20)18-7-9-6-10(15)2-4-12(9)21-14(16)17/h2,4,6,11,14,18H,3,5,7-8H2,1H3. The molecule has 0 saturated carbocycles. The van der Waals surface area contributed by atoms with Crippen molar-refractivity contribution in [2.24, 2.45) is 0 Å². The van der Waals surface area contributed by atoms with Crippen molar-refractivity contribution in [1.29, 1.82) is 0 Å². The quantitative estimate of drug-likeness (QED) is 0.875. The molecule has 0 spiro atoms. The zero-order valence-electron chi connectivity index (χ0n) is 11.6. The van der Waals surface area contributed by atoms with E-state index in [2.05, 4.69) is 26.0 Å². The summed E-state index contributed by atoms with van der Waals surface area (Å²) in [5.41, 5.74) is 0.657. The Morgan fingerprint density at radius 3 is 2.95 bits per heavy atom. The molecule has 1 saturated heterocycles. The van der Waals surface area contributed by atoms with Gasteiger partial charge < -0.3 is 15.0 Å². The number of amides is 1. The fourth-order valence-corrected chi connectivity index (χ4v) is 2.74. The van der Waals surface area contributed by atoms with Crippen LogP contribution in [0.25, 0.3) is 0 Å². The number of rotatable bonds is 5. The van der Waals surface area contributed by atoms with E-state index < -0.39 is 6.61 Å². The number of likely N-dealkylation sites (tertiary alicyclic amines) is 1. The number of carbonyl (C=O) groups excluding carboxylic acids is 1. The van der Waals surface area contributed by atoms with Crippen molar-refractivity contribution < 1.29 is 18.3 Å². The van der Waals surface area contributed by atoms with Gasteiger partial charge in [-0.1, -0.05) is 15.9 Å². The molecule has 7 heteroatoms. The molecular formula is C14H17BrF2N2O2. The molecule has 0 radical (unpaired) electrons. The van der Waals surface area contributed by atoms with Crippen LogP contribution in [0.3, 0.4) is 0 Å². The van der Waals surface area contributed by atoms with Crippen molar-refractivity contribution in [3.8, 4) is 5.75 Å². The van der Waals surface area contributed by atoms with E-state index in [1.54, 1.807) is 24.1 Å². The summed E-state index contributed by atoms with van der Waals surface area (Å²) in [6, 6.07) is 5.09. The van der Waals surface area contributed by atoms with Gasteiger partial charge in [-0.15, -0.1) is 0 Å². The van der Waals surface area contributed by atoms with Crippen LogP contribution in [0.1, 0.15) is 18.4 Å². The summed E-state index contributed by atoms with van der Waals surface area (Å²) >= 11 is 3.32. The number of carbonyl (C=O) groups is 1. The van der Waals surface area contributed by atoms with Crippen LogP contribution in [-0.2, 0) is 11.3 Å². The van der Waals surface area contributed by atoms with Crippen molar-refractivity contribution in [2.75, 3.05) is 13.6 Å². The van der Waals surface area contributed by atoms with E-state index in [4.69, 9.17) is 0 Å². The van der Waals surface area contributed by atoms with Crippen LogP contribution in [0.2, 0.25) is 0 Å².